The predicted octanol–water partition coefficient (Wildman–Crippen LogP) is 13.4. The lowest BCUT2D eigenvalue weighted by molar-refractivity contribution is 0.689. The maximum atomic E-state index is 2.39. The molecule has 0 bridgehead atoms. The van der Waals surface area contributed by atoms with Gasteiger partial charge in [0.05, 0.1) is 0 Å². The van der Waals surface area contributed by atoms with Crippen LogP contribution in [0.1, 0.15) is 25.0 Å². The second-order valence-electron chi connectivity index (χ2n) is 16.3. The predicted molar refractivity (Wildman–Crippen MR) is 248 cm³/mol. The molecule has 7 aromatic rings. The van der Waals surface area contributed by atoms with E-state index >= 15 is 0 Å². The summed E-state index contributed by atoms with van der Waals surface area (Å²) in [6.45, 7) is 4.78. The molecule has 1 aliphatic heterocycles. The molecular formula is C57H42N2. The maximum absolute atomic E-state index is 2.39. The average molecular weight is 755 g/mol. The van der Waals surface area contributed by atoms with Crippen molar-refractivity contribution in [2.45, 2.75) is 19.3 Å². The van der Waals surface area contributed by atoms with Gasteiger partial charge in [0.15, 0.2) is 0 Å². The van der Waals surface area contributed by atoms with Crippen LogP contribution in [0.2, 0.25) is 0 Å². The Bertz CT molecular complexity index is 3030. The number of benzene rings is 7. The van der Waals surface area contributed by atoms with Crippen molar-refractivity contribution >= 4 is 34.8 Å². The van der Waals surface area contributed by atoms with Crippen LogP contribution in [0.5, 0.6) is 0 Å². The molecule has 2 heteroatoms. The smallest absolute Gasteiger partial charge is 0.0462 e. The Balaban J connectivity index is 0.899. The van der Waals surface area contributed by atoms with Crippen LogP contribution in [0.15, 0.2) is 212 Å². The molecule has 3 aliphatic carbocycles. The fourth-order valence-corrected chi connectivity index (χ4v) is 9.50. The van der Waals surface area contributed by atoms with Crippen LogP contribution in [0.25, 0.3) is 67.9 Å². The summed E-state index contributed by atoms with van der Waals surface area (Å²) in [7, 11) is 0. The molecule has 0 amide bonds. The molecule has 11 rings (SSSR count). The summed E-state index contributed by atoms with van der Waals surface area (Å²) in [5.41, 5.74) is 19.7. The highest BCUT2D eigenvalue weighted by Crippen LogP contribution is 2.50. The van der Waals surface area contributed by atoms with Gasteiger partial charge in [0.1, 0.15) is 0 Å². The van der Waals surface area contributed by atoms with E-state index in [-0.39, 0.29) is 5.41 Å². The molecule has 59 heavy (non-hydrogen) atoms. The molecule has 0 spiro atoms. The molecule has 2 nitrogen and oxygen atoms in total. The molecule has 0 aromatic heterocycles. The van der Waals surface area contributed by atoms with Crippen LogP contribution in [0.4, 0.5) is 17.1 Å². The number of fused-ring (bicyclic) bond motifs is 5. The minimum Gasteiger partial charge on any atom is -0.323 e. The molecule has 0 saturated heterocycles. The summed E-state index contributed by atoms with van der Waals surface area (Å²) in [5.74, 6) is 0. The van der Waals surface area contributed by atoms with E-state index in [0.29, 0.717) is 0 Å². The van der Waals surface area contributed by atoms with E-state index < -0.39 is 0 Å². The lowest BCUT2D eigenvalue weighted by Gasteiger charge is -2.33. The number of nitrogens with zero attached hydrogens (tertiary/aromatic N) is 2. The minimum absolute atomic E-state index is 0.119. The van der Waals surface area contributed by atoms with Crippen molar-refractivity contribution < 1.29 is 0 Å². The van der Waals surface area contributed by atoms with Gasteiger partial charge in [-0.1, -0.05) is 147 Å². The van der Waals surface area contributed by atoms with E-state index in [1.54, 1.807) is 0 Å². The molecule has 0 saturated carbocycles. The zero-order valence-electron chi connectivity index (χ0n) is 33.2. The molecule has 0 N–H and O–H groups in total. The Morgan fingerprint density at radius 3 is 1.46 bits per heavy atom. The monoisotopic (exact) mass is 754 g/mol. The number of pyridine rings is 1. The number of allylic oxidation sites excluding steroid dienone is 1. The highest BCUT2D eigenvalue weighted by Gasteiger charge is 2.38. The van der Waals surface area contributed by atoms with Crippen LogP contribution in [0, 0.1) is 0 Å². The summed E-state index contributed by atoms with van der Waals surface area (Å²) in [4.78, 5) is 2.34. The van der Waals surface area contributed by atoms with E-state index in [2.05, 4.69) is 242 Å². The van der Waals surface area contributed by atoms with Crippen molar-refractivity contribution in [2.75, 3.05) is 4.90 Å². The van der Waals surface area contributed by atoms with Crippen LogP contribution in [-0.2, 0) is 5.41 Å². The van der Waals surface area contributed by atoms with Gasteiger partial charge >= 0.3 is 0 Å². The van der Waals surface area contributed by atoms with Gasteiger partial charge in [0.25, 0.3) is 0 Å². The van der Waals surface area contributed by atoms with Crippen LogP contribution >= 0.6 is 0 Å². The first-order valence-electron chi connectivity index (χ1n) is 20.5. The van der Waals surface area contributed by atoms with E-state index in [1.807, 2.05) is 0 Å². The van der Waals surface area contributed by atoms with Gasteiger partial charge in [-0.25, -0.2) is 0 Å². The molecule has 4 aliphatic rings. The van der Waals surface area contributed by atoms with E-state index in [0.717, 1.165) is 22.7 Å². The van der Waals surface area contributed by atoms with E-state index in [4.69, 9.17) is 0 Å². The quantitative estimate of drug-likeness (QED) is 0.157. The molecule has 7 aromatic carbocycles. The SMILES string of the molecule is CC1(C)C2=c3ccccc3=CC2=Cc2cc3ccn(-c4ccc(-c5ccc(N(c6ccc(-c7ccccc7)cc6)c6ccc(-c7ccccc7)cc6)cc5)cc4)cc-3c21. The van der Waals surface area contributed by atoms with Gasteiger partial charge < -0.3 is 9.47 Å². The van der Waals surface area contributed by atoms with Crippen molar-refractivity contribution in [3.8, 4) is 50.2 Å². The number of hydrogen-bond acceptors (Lipinski definition) is 1. The highest BCUT2D eigenvalue weighted by atomic mass is 15.1. The molecule has 0 unspecified atom stereocenters. The third kappa shape index (κ3) is 6.04. The van der Waals surface area contributed by atoms with Crippen molar-refractivity contribution in [3.05, 3.63) is 234 Å². The molecule has 0 fully saturated rings. The zero-order chi connectivity index (χ0) is 39.5. The zero-order valence-corrected chi connectivity index (χ0v) is 33.2. The van der Waals surface area contributed by atoms with Gasteiger partial charge in [-0.05, 0) is 144 Å². The summed E-state index contributed by atoms with van der Waals surface area (Å²) >= 11 is 0. The Hall–Kier alpha value is -7.42. The summed E-state index contributed by atoms with van der Waals surface area (Å²) < 4.78 is 2.27. The lowest BCUT2D eigenvalue weighted by atomic mass is 9.70. The largest absolute Gasteiger partial charge is 0.323 e. The first kappa shape index (κ1) is 34.8. The number of rotatable bonds is 7. The van der Waals surface area contributed by atoms with Gasteiger partial charge in [0.2, 0.25) is 0 Å². The van der Waals surface area contributed by atoms with Gasteiger partial charge in [0, 0.05) is 46.1 Å². The summed E-state index contributed by atoms with van der Waals surface area (Å²) in [5, 5.41) is 2.68. The molecule has 280 valence electrons. The number of hydrogen-bond donors (Lipinski definition) is 0. The molecule has 0 radical (unpaired) electrons. The van der Waals surface area contributed by atoms with E-state index in [9.17, 15) is 0 Å². The van der Waals surface area contributed by atoms with E-state index in [1.165, 1.54) is 77.2 Å². The Morgan fingerprint density at radius 2 is 0.915 bits per heavy atom. The first-order chi connectivity index (χ1) is 29.0. The second-order valence-corrected chi connectivity index (χ2v) is 16.3. The molecular weight excluding hydrogens is 713 g/mol. The molecule has 1 heterocycles. The third-order valence-electron chi connectivity index (χ3n) is 12.3. The third-order valence-corrected chi connectivity index (χ3v) is 12.3. The van der Waals surface area contributed by atoms with Crippen molar-refractivity contribution in [1.29, 1.82) is 0 Å². The van der Waals surface area contributed by atoms with Crippen LogP contribution in [-0.4, -0.2) is 4.57 Å². The number of aromatic nitrogens is 1. The Labute approximate surface area is 346 Å². The van der Waals surface area contributed by atoms with Gasteiger partial charge in [-0.2, -0.15) is 0 Å². The Morgan fingerprint density at radius 1 is 0.441 bits per heavy atom. The van der Waals surface area contributed by atoms with Gasteiger partial charge in [-0.3, -0.25) is 0 Å². The highest BCUT2D eigenvalue weighted by molar-refractivity contribution is 6.00. The fourth-order valence-electron chi connectivity index (χ4n) is 9.50. The maximum Gasteiger partial charge on any atom is 0.0462 e. The molecule has 0 atom stereocenters. The summed E-state index contributed by atoms with van der Waals surface area (Å²) in [6, 6.07) is 70.2. The Kier molecular flexibility index (Phi) is 8.20. The fraction of sp³-hybridized carbons (Fsp3) is 0.0526. The summed E-state index contributed by atoms with van der Waals surface area (Å²) in [6.07, 6.45) is 9.27. The minimum atomic E-state index is -0.119. The second kappa shape index (κ2) is 13.9. The normalized spacial score (nSPS) is 13.6. The van der Waals surface area contributed by atoms with Crippen molar-refractivity contribution in [3.63, 3.8) is 0 Å². The van der Waals surface area contributed by atoms with Crippen LogP contribution in [0.3, 0.4) is 0 Å². The van der Waals surface area contributed by atoms with Gasteiger partial charge in [-0.15, -0.1) is 0 Å². The lowest BCUT2D eigenvalue weighted by Crippen LogP contribution is -2.31. The topological polar surface area (TPSA) is 8.17 Å². The van der Waals surface area contributed by atoms with Crippen LogP contribution < -0.4 is 15.3 Å². The number of anilines is 3. The average Bonchev–Trinajstić information content (AvgIpc) is 3.87. The van der Waals surface area contributed by atoms with Crippen molar-refractivity contribution in [2.24, 2.45) is 0 Å². The van der Waals surface area contributed by atoms with Crippen molar-refractivity contribution in [1.82, 2.24) is 4.57 Å². The first-order valence-corrected chi connectivity index (χ1v) is 20.5. The standard InChI is InChI=1S/C57H42N2/c1-57(2)55-47(35-45-15-9-10-16-53(45)55)37-48-36-46-33-34-58(38-54(46)56(48)57)49-25-17-43(18-26-49)44-23-31-52(32-24-44)59(50-27-19-41(20-28-50)39-11-5-3-6-12-39)51-29-21-42(22-30-51)40-13-7-4-8-14-40/h3-38H,1-2H3.